The summed E-state index contributed by atoms with van der Waals surface area (Å²) in [6, 6.07) is 10.7. The monoisotopic (exact) mass is 286 g/mol. The van der Waals surface area contributed by atoms with E-state index in [1.807, 2.05) is 0 Å². The van der Waals surface area contributed by atoms with Crippen LogP contribution in [0.3, 0.4) is 0 Å². The minimum atomic E-state index is -0.448. The molecule has 0 radical (unpaired) electrons. The van der Waals surface area contributed by atoms with Crippen LogP contribution in [0.25, 0.3) is 16.9 Å². The van der Waals surface area contributed by atoms with Crippen LogP contribution >= 0.6 is 0 Å². The summed E-state index contributed by atoms with van der Waals surface area (Å²) in [4.78, 5) is 0. The number of hydrogen-bond donors (Lipinski definition) is 1. The second-order valence-corrected chi connectivity index (χ2v) is 4.65. The van der Waals surface area contributed by atoms with Crippen molar-refractivity contribution in [3.8, 4) is 16.9 Å². The van der Waals surface area contributed by atoms with E-state index in [1.54, 1.807) is 37.3 Å². The summed E-state index contributed by atoms with van der Waals surface area (Å²) < 4.78 is 28.3. The van der Waals surface area contributed by atoms with Crippen LogP contribution in [0, 0.1) is 18.6 Å². The minimum Gasteiger partial charge on any atom is -0.382 e. The number of nitrogens with zero attached hydrogens (tertiary/aromatic N) is 3. The zero-order valence-electron chi connectivity index (χ0n) is 11.2. The number of rotatable bonds is 2. The highest BCUT2D eigenvalue weighted by Crippen LogP contribution is 2.27. The van der Waals surface area contributed by atoms with Crippen LogP contribution in [0.2, 0.25) is 0 Å². The summed E-state index contributed by atoms with van der Waals surface area (Å²) >= 11 is 0. The Balaban J connectivity index is 2.11. The Kier molecular flexibility index (Phi) is 3.13. The second-order valence-electron chi connectivity index (χ2n) is 4.65. The van der Waals surface area contributed by atoms with E-state index in [0.717, 1.165) is 0 Å². The quantitative estimate of drug-likeness (QED) is 0.787. The molecule has 106 valence electrons. The Morgan fingerprint density at radius 2 is 1.81 bits per heavy atom. The van der Waals surface area contributed by atoms with Crippen molar-refractivity contribution in [1.82, 2.24) is 15.0 Å². The molecular weight excluding hydrogens is 274 g/mol. The van der Waals surface area contributed by atoms with Gasteiger partial charge in [-0.1, -0.05) is 17.3 Å². The molecule has 3 aromatic rings. The minimum absolute atomic E-state index is 0.200. The van der Waals surface area contributed by atoms with Gasteiger partial charge in [0.05, 0.1) is 0 Å². The lowest BCUT2D eigenvalue weighted by Crippen LogP contribution is -2.04. The molecule has 0 bridgehead atoms. The highest BCUT2D eigenvalue weighted by atomic mass is 19.1. The number of aromatic nitrogens is 3. The molecule has 0 fully saturated rings. The molecule has 2 N–H and O–H groups in total. The third kappa shape index (κ3) is 2.24. The third-order valence-corrected chi connectivity index (χ3v) is 3.22. The summed E-state index contributed by atoms with van der Waals surface area (Å²) in [6.45, 7) is 1.65. The van der Waals surface area contributed by atoms with Gasteiger partial charge >= 0.3 is 0 Å². The highest BCUT2D eigenvalue weighted by Gasteiger charge is 2.15. The van der Waals surface area contributed by atoms with E-state index in [2.05, 4.69) is 10.3 Å². The molecule has 0 aliphatic rings. The molecule has 0 spiro atoms. The zero-order chi connectivity index (χ0) is 15.0. The van der Waals surface area contributed by atoms with Crippen LogP contribution < -0.4 is 5.73 Å². The number of nitrogen functional groups attached to an aromatic ring is 1. The largest absolute Gasteiger partial charge is 0.382 e. The Morgan fingerprint density at radius 3 is 2.52 bits per heavy atom. The SMILES string of the molecule is Cc1cc(-c2nnn(-c3ccccc3F)c2N)ccc1F. The lowest BCUT2D eigenvalue weighted by Gasteiger charge is -2.05. The highest BCUT2D eigenvalue weighted by molar-refractivity contribution is 5.71. The van der Waals surface area contributed by atoms with Crippen molar-refractivity contribution in [3.05, 3.63) is 59.7 Å². The molecule has 0 unspecified atom stereocenters. The summed E-state index contributed by atoms with van der Waals surface area (Å²) in [5.41, 5.74) is 7.72. The number of benzene rings is 2. The topological polar surface area (TPSA) is 56.7 Å². The average molecular weight is 286 g/mol. The van der Waals surface area contributed by atoms with Gasteiger partial charge in [0.15, 0.2) is 5.82 Å². The Bertz CT molecular complexity index is 811. The number of nitrogens with two attached hydrogens (primary N) is 1. The predicted molar refractivity (Wildman–Crippen MR) is 75.9 cm³/mol. The van der Waals surface area contributed by atoms with E-state index < -0.39 is 5.82 Å². The van der Waals surface area contributed by atoms with Crippen molar-refractivity contribution in [2.24, 2.45) is 0 Å². The molecule has 2 aromatic carbocycles. The van der Waals surface area contributed by atoms with Gasteiger partial charge in [0.2, 0.25) is 0 Å². The molecule has 0 saturated carbocycles. The molecule has 4 nitrogen and oxygen atoms in total. The first-order valence-electron chi connectivity index (χ1n) is 6.30. The number of halogens is 2. The van der Waals surface area contributed by atoms with E-state index in [9.17, 15) is 8.78 Å². The molecule has 0 aliphatic carbocycles. The fourth-order valence-corrected chi connectivity index (χ4v) is 2.09. The predicted octanol–water partition coefficient (Wildman–Crippen LogP) is 3.10. The van der Waals surface area contributed by atoms with Crippen LogP contribution in [0.4, 0.5) is 14.6 Å². The number of aryl methyl sites for hydroxylation is 1. The Morgan fingerprint density at radius 1 is 1.05 bits per heavy atom. The Hall–Kier alpha value is -2.76. The maximum atomic E-state index is 13.8. The lowest BCUT2D eigenvalue weighted by atomic mass is 10.1. The van der Waals surface area contributed by atoms with E-state index in [0.29, 0.717) is 16.8 Å². The van der Waals surface area contributed by atoms with Gasteiger partial charge in [-0.2, -0.15) is 4.68 Å². The summed E-state index contributed by atoms with van der Waals surface area (Å²) in [5.74, 6) is -0.555. The van der Waals surface area contributed by atoms with Gasteiger partial charge in [0.25, 0.3) is 0 Å². The van der Waals surface area contributed by atoms with Gasteiger partial charge < -0.3 is 5.73 Å². The first-order valence-corrected chi connectivity index (χ1v) is 6.30. The van der Waals surface area contributed by atoms with Gasteiger partial charge in [0, 0.05) is 5.56 Å². The lowest BCUT2D eigenvalue weighted by molar-refractivity contribution is 0.608. The van der Waals surface area contributed by atoms with Crippen molar-refractivity contribution in [3.63, 3.8) is 0 Å². The van der Waals surface area contributed by atoms with E-state index >= 15 is 0 Å². The maximum absolute atomic E-state index is 13.8. The summed E-state index contributed by atoms with van der Waals surface area (Å²) in [5, 5.41) is 7.86. The molecule has 0 amide bonds. The van der Waals surface area contributed by atoms with Gasteiger partial charge in [-0.05, 0) is 42.8 Å². The van der Waals surface area contributed by atoms with Crippen molar-refractivity contribution in [2.75, 3.05) is 5.73 Å². The second kappa shape index (κ2) is 4.97. The van der Waals surface area contributed by atoms with Gasteiger partial charge in [0.1, 0.15) is 23.0 Å². The first-order chi connectivity index (χ1) is 10.1. The maximum Gasteiger partial charge on any atom is 0.156 e. The molecule has 0 aliphatic heterocycles. The van der Waals surface area contributed by atoms with Crippen LogP contribution in [0.15, 0.2) is 42.5 Å². The van der Waals surface area contributed by atoms with E-state index in [-0.39, 0.29) is 17.3 Å². The van der Waals surface area contributed by atoms with Gasteiger partial charge in [-0.15, -0.1) is 5.10 Å². The fraction of sp³-hybridized carbons (Fsp3) is 0.0667. The normalized spacial score (nSPS) is 10.8. The number of para-hydroxylation sites is 1. The van der Waals surface area contributed by atoms with Crippen LogP contribution in [0.5, 0.6) is 0 Å². The van der Waals surface area contributed by atoms with Crippen molar-refractivity contribution < 1.29 is 8.78 Å². The molecule has 0 saturated heterocycles. The summed E-state index contributed by atoms with van der Waals surface area (Å²) in [7, 11) is 0. The first kappa shape index (κ1) is 13.2. The number of hydrogen-bond acceptors (Lipinski definition) is 3. The molecular formula is C15H12F2N4. The van der Waals surface area contributed by atoms with Crippen LogP contribution in [-0.4, -0.2) is 15.0 Å². The molecule has 6 heteroatoms. The van der Waals surface area contributed by atoms with E-state index in [4.69, 9.17) is 5.73 Å². The smallest absolute Gasteiger partial charge is 0.156 e. The van der Waals surface area contributed by atoms with Crippen LogP contribution in [-0.2, 0) is 0 Å². The van der Waals surface area contributed by atoms with Gasteiger partial charge in [-0.25, -0.2) is 8.78 Å². The van der Waals surface area contributed by atoms with E-state index in [1.165, 1.54) is 16.8 Å². The van der Waals surface area contributed by atoms with Crippen molar-refractivity contribution in [1.29, 1.82) is 0 Å². The van der Waals surface area contributed by atoms with Crippen LogP contribution in [0.1, 0.15) is 5.56 Å². The third-order valence-electron chi connectivity index (χ3n) is 3.22. The zero-order valence-corrected chi connectivity index (χ0v) is 11.2. The van der Waals surface area contributed by atoms with Gasteiger partial charge in [-0.3, -0.25) is 0 Å². The molecule has 21 heavy (non-hydrogen) atoms. The van der Waals surface area contributed by atoms with Crippen molar-refractivity contribution in [2.45, 2.75) is 6.92 Å². The molecule has 1 aromatic heterocycles. The fourth-order valence-electron chi connectivity index (χ4n) is 2.09. The average Bonchev–Trinajstić information content (AvgIpc) is 2.84. The molecule has 3 rings (SSSR count). The van der Waals surface area contributed by atoms with Crippen molar-refractivity contribution >= 4 is 5.82 Å². The summed E-state index contributed by atoms with van der Waals surface area (Å²) in [6.07, 6.45) is 0. The molecule has 0 atom stereocenters. The Labute approximate surface area is 119 Å². The number of anilines is 1. The molecule has 1 heterocycles. The standard InChI is InChI=1S/C15H12F2N4/c1-9-8-10(6-7-11(9)16)14-15(18)21(20-19-14)13-5-3-2-4-12(13)17/h2-8H,18H2,1H3.